The van der Waals surface area contributed by atoms with Gasteiger partial charge in [0.1, 0.15) is 12.4 Å². The SMILES string of the molecule is CCCCCCCCCCCCCCCCCn1cc[n+](CCCCCCC)c1CCCC. The molecule has 33 heavy (non-hydrogen) atoms. The fraction of sp³-hybridized carbons (Fsp3) is 0.903. The normalized spacial score (nSPS) is 11.5. The maximum absolute atomic E-state index is 2.57. The molecule has 0 amide bonds. The van der Waals surface area contributed by atoms with Crippen molar-refractivity contribution in [1.82, 2.24) is 4.57 Å². The van der Waals surface area contributed by atoms with Crippen LogP contribution in [0.4, 0.5) is 0 Å². The first kappa shape index (κ1) is 30.2. The minimum Gasteiger partial charge on any atom is -0.234 e. The van der Waals surface area contributed by atoms with Crippen molar-refractivity contribution in [2.24, 2.45) is 0 Å². The van der Waals surface area contributed by atoms with E-state index >= 15 is 0 Å². The van der Waals surface area contributed by atoms with Crippen molar-refractivity contribution in [3.63, 3.8) is 0 Å². The highest BCUT2D eigenvalue weighted by Gasteiger charge is 2.16. The third-order valence-corrected chi connectivity index (χ3v) is 7.35. The molecule has 0 spiro atoms. The van der Waals surface area contributed by atoms with E-state index in [1.807, 2.05) is 0 Å². The molecule has 194 valence electrons. The predicted octanol–water partition coefficient (Wildman–Crippen LogP) is 9.96. The van der Waals surface area contributed by atoms with Crippen molar-refractivity contribution in [3.05, 3.63) is 18.2 Å². The van der Waals surface area contributed by atoms with E-state index in [1.54, 1.807) is 5.82 Å². The van der Waals surface area contributed by atoms with Crippen LogP contribution < -0.4 is 4.57 Å². The van der Waals surface area contributed by atoms with Crippen LogP contribution in [0.5, 0.6) is 0 Å². The monoisotopic (exact) mass is 461 g/mol. The Hall–Kier alpha value is -0.790. The minimum absolute atomic E-state index is 1.22. The Balaban J connectivity index is 2.07. The third kappa shape index (κ3) is 16.5. The standard InChI is InChI=1S/C31H61N2/c1-4-7-10-12-13-14-15-16-17-18-19-20-21-23-25-28-33-30-29-32(31(33)26-9-6-3)27-24-22-11-8-5-2/h29-30H,4-28H2,1-3H3/q+1. The maximum atomic E-state index is 2.57. The van der Waals surface area contributed by atoms with Gasteiger partial charge >= 0.3 is 0 Å². The van der Waals surface area contributed by atoms with Crippen LogP contribution in [0.3, 0.4) is 0 Å². The van der Waals surface area contributed by atoms with Crippen molar-refractivity contribution in [1.29, 1.82) is 0 Å². The van der Waals surface area contributed by atoms with Gasteiger partial charge in [-0.15, -0.1) is 0 Å². The number of aryl methyl sites for hydroxylation is 2. The molecule has 0 atom stereocenters. The lowest BCUT2D eigenvalue weighted by atomic mass is 10.0. The number of aromatic nitrogens is 2. The van der Waals surface area contributed by atoms with Gasteiger partial charge in [0.05, 0.1) is 13.1 Å². The van der Waals surface area contributed by atoms with Crippen LogP contribution in [-0.4, -0.2) is 4.57 Å². The summed E-state index contributed by atoms with van der Waals surface area (Å²) >= 11 is 0. The number of unbranched alkanes of at least 4 members (excludes halogenated alkanes) is 19. The number of imidazole rings is 1. The summed E-state index contributed by atoms with van der Waals surface area (Å²) in [4.78, 5) is 0. The summed E-state index contributed by atoms with van der Waals surface area (Å²) in [7, 11) is 0. The molecule has 0 fully saturated rings. The Morgan fingerprint density at radius 1 is 0.515 bits per heavy atom. The van der Waals surface area contributed by atoms with Crippen LogP contribution in [-0.2, 0) is 19.5 Å². The van der Waals surface area contributed by atoms with Gasteiger partial charge < -0.3 is 0 Å². The molecule has 2 nitrogen and oxygen atoms in total. The molecule has 0 saturated carbocycles. The molecule has 0 radical (unpaired) electrons. The summed E-state index contributed by atoms with van der Waals surface area (Å²) in [5, 5.41) is 0. The average molecular weight is 462 g/mol. The molecule has 0 aromatic carbocycles. The number of hydrogen-bond acceptors (Lipinski definition) is 0. The fourth-order valence-electron chi connectivity index (χ4n) is 5.07. The van der Waals surface area contributed by atoms with Gasteiger partial charge in [-0.05, 0) is 32.1 Å². The molecule has 0 bridgehead atoms. The van der Waals surface area contributed by atoms with Crippen LogP contribution >= 0.6 is 0 Å². The highest BCUT2D eigenvalue weighted by atomic mass is 15.1. The Morgan fingerprint density at radius 2 is 0.939 bits per heavy atom. The van der Waals surface area contributed by atoms with Gasteiger partial charge in [0.2, 0.25) is 0 Å². The van der Waals surface area contributed by atoms with Crippen LogP contribution in [0.2, 0.25) is 0 Å². The maximum Gasteiger partial charge on any atom is 0.256 e. The van der Waals surface area contributed by atoms with Crippen molar-refractivity contribution >= 4 is 0 Å². The summed E-state index contributed by atoms with van der Waals surface area (Å²) < 4.78 is 5.14. The Bertz CT molecular complexity index is 519. The fourth-order valence-corrected chi connectivity index (χ4v) is 5.07. The minimum atomic E-state index is 1.22. The number of rotatable bonds is 25. The van der Waals surface area contributed by atoms with Crippen molar-refractivity contribution < 1.29 is 4.57 Å². The zero-order valence-corrected chi connectivity index (χ0v) is 23.2. The molecule has 0 aliphatic heterocycles. The molecular formula is C31H61N2+. The predicted molar refractivity (Wildman–Crippen MR) is 147 cm³/mol. The van der Waals surface area contributed by atoms with E-state index < -0.39 is 0 Å². The van der Waals surface area contributed by atoms with E-state index in [4.69, 9.17) is 0 Å². The van der Waals surface area contributed by atoms with E-state index in [0.717, 1.165) is 0 Å². The molecule has 0 aliphatic carbocycles. The van der Waals surface area contributed by atoms with Crippen molar-refractivity contribution in [2.75, 3.05) is 0 Å². The largest absolute Gasteiger partial charge is 0.256 e. The Labute approximate surface area is 208 Å². The molecular weight excluding hydrogens is 400 g/mol. The zero-order valence-electron chi connectivity index (χ0n) is 23.2. The molecule has 1 aromatic rings. The number of hydrogen-bond donors (Lipinski definition) is 0. The smallest absolute Gasteiger partial charge is 0.234 e. The molecule has 0 aliphatic rings. The topological polar surface area (TPSA) is 8.81 Å². The molecule has 2 heteroatoms. The molecule has 1 heterocycles. The highest BCUT2D eigenvalue weighted by molar-refractivity contribution is 4.84. The molecule has 1 rings (SSSR count). The van der Waals surface area contributed by atoms with E-state index in [2.05, 4.69) is 42.3 Å². The van der Waals surface area contributed by atoms with Gasteiger partial charge in [-0.25, -0.2) is 9.13 Å². The Kier molecular flexibility index (Phi) is 21.1. The summed E-state index contributed by atoms with van der Waals surface area (Å²) in [5.74, 6) is 1.58. The van der Waals surface area contributed by atoms with Crippen molar-refractivity contribution in [3.8, 4) is 0 Å². The summed E-state index contributed by atoms with van der Waals surface area (Å²) in [6, 6.07) is 0. The Morgan fingerprint density at radius 3 is 1.42 bits per heavy atom. The van der Waals surface area contributed by atoms with Crippen LogP contribution in [0.1, 0.15) is 168 Å². The second-order valence-corrected chi connectivity index (χ2v) is 10.6. The van der Waals surface area contributed by atoms with Gasteiger partial charge in [0.15, 0.2) is 0 Å². The lowest BCUT2D eigenvalue weighted by Gasteiger charge is -2.06. The van der Waals surface area contributed by atoms with E-state index in [9.17, 15) is 0 Å². The first-order valence-corrected chi connectivity index (χ1v) is 15.4. The molecule has 0 unspecified atom stereocenters. The highest BCUT2D eigenvalue weighted by Crippen LogP contribution is 2.14. The lowest BCUT2D eigenvalue weighted by molar-refractivity contribution is -0.704. The van der Waals surface area contributed by atoms with Crippen LogP contribution in [0, 0.1) is 0 Å². The van der Waals surface area contributed by atoms with E-state index in [1.165, 1.54) is 161 Å². The van der Waals surface area contributed by atoms with Gasteiger partial charge in [0, 0.05) is 6.42 Å². The van der Waals surface area contributed by atoms with Gasteiger partial charge in [-0.3, -0.25) is 0 Å². The van der Waals surface area contributed by atoms with Crippen molar-refractivity contribution in [2.45, 2.75) is 182 Å². The quantitative estimate of drug-likeness (QED) is 0.101. The summed E-state index contributed by atoms with van der Waals surface area (Å²) in [5.41, 5.74) is 0. The van der Waals surface area contributed by atoms with Crippen LogP contribution in [0.25, 0.3) is 0 Å². The zero-order chi connectivity index (χ0) is 23.8. The first-order valence-electron chi connectivity index (χ1n) is 15.4. The second kappa shape index (κ2) is 23.0. The first-order chi connectivity index (χ1) is 16.3. The van der Waals surface area contributed by atoms with E-state index in [0.29, 0.717) is 0 Å². The average Bonchev–Trinajstić information content (AvgIpc) is 3.21. The van der Waals surface area contributed by atoms with Crippen LogP contribution in [0.15, 0.2) is 12.4 Å². The van der Waals surface area contributed by atoms with Gasteiger partial charge in [-0.2, -0.15) is 0 Å². The number of nitrogens with zero attached hydrogens (tertiary/aromatic N) is 2. The van der Waals surface area contributed by atoms with E-state index in [-0.39, 0.29) is 0 Å². The summed E-state index contributed by atoms with van der Waals surface area (Å²) in [6.07, 6.45) is 37.1. The molecule has 0 saturated heterocycles. The molecule has 1 aromatic heterocycles. The van der Waals surface area contributed by atoms with Gasteiger partial charge in [0.25, 0.3) is 5.82 Å². The molecule has 0 N–H and O–H groups in total. The lowest BCUT2D eigenvalue weighted by Crippen LogP contribution is -2.37. The third-order valence-electron chi connectivity index (χ3n) is 7.35. The summed E-state index contributed by atoms with van der Waals surface area (Å²) in [6.45, 7) is 9.36. The second-order valence-electron chi connectivity index (χ2n) is 10.6. The van der Waals surface area contributed by atoms with Gasteiger partial charge in [-0.1, -0.05) is 130 Å².